The molecule has 26 heavy (non-hydrogen) atoms. The molecule has 1 aromatic heterocycles. The summed E-state index contributed by atoms with van der Waals surface area (Å²) in [5.41, 5.74) is 1.23. The largest absolute Gasteiger partial charge is 0.416 e. The van der Waals surface area contributed by atoms with Gasteiger partial charge in [-0.15, -0.1) is 0 Å². The van der Waals surface area contributed by atoms with Crippen molar-refractivity contribution in [1.29, 1.82) is 0 Å². The summed E-state index contributed by atoms with van der Waals surface area (Å²) in [4.78, 5) is 4.49. The summed E-state index contributed by atoms with van der Waals surface area (Å²) < 4.78 is 40.2. The molecule has 0 amide bonds. The lowest BCUT2D eigenvalue weighted by Gasteiger charge is -2.12. The molecule has 0 aliphatic rings. The second kappa shape index (κ2) is 6.30. The predicted molar refractivity (Wildman–Crippen MR) is 97.6 cm³/mol. The third kappa shape index (κ3) is 3.18. The standard InChI is InChI=1S/C22H14F3N/c23-22(24,25)19-13-20(16-7-2-1-3-8-16)26-21(14-19)18-11-10-15-6-4-5-9-17(15)12-18/h1-14H. The van der Waals surface area contributed by atoms with Crippen molar-refractivity contribution in [1.82, 2.24) is 4.98 Å². The second-order valence-electron chi connectivity index (χ2n) is 6.05. The summed E-state index contributed by atoms with van der Waals surface area (Å²) >= 11 is 0. The van der Waals surface area contributed by atoms with Crippen molar-refractivity contribution in [2.24, 2.45) is 0 Å². The molecule has 0 bridgehead atoms. The highest BCUT2D eigenvalue weighted by Crippen LogP contribution is 2.35. The van der Waals surface area contributed by atoms with Crippen LogP contribution in [0.4, 0.5) is 13.2 Å². The Hall–Kier alpha value is -3.14. The van der Waals surface area contributed by atoms with E-state index in [0.717, 1.165) is 22.9 Å². The van der Waals surface area contributed by atoms with Crippen molar-refractivity contribution in [3.63, 3.8) is 0 Å². The van der Waals surface area contributed by atoms with Gasteiger partial charge in [-0.3, -0.25) is 0 Å². The first-order valence-corrected chi connectivity index (χ1v) is 8.14. The van der Waals surface area contributed by atoms with Crippen LogP contribution in [0.5, 0.6) is 0 Å². The summed E-state index contributed by atoms with van der Waals surface area (Å²) in [5.74, 6) is 0. The van der Waals surface area contributed by atoms with Gasteiger partial charge < -0.3 is 0 Å². The van der Waals surface area contributed by atoms with E-state index in [4.69, 9.17) is 0 Å². The van der Waals surface area contributed by atoms with Gasteiger partial charge in [-0.2, -0.15) is 13.2 Å². The van der Waals surface area contributed by atoms with Gasteiger partial charge in [0.15, 0.2) is 0 Å². The van der Waals surface area contributed by atoms with Crippen LogP contribution >= 0.6 is 0 Å². The maximum absolute atomic E-state index is 13.4. The number of benzene rings is 3. The Bertz CT molecular complexity index is 1070. The molecule has 3 aromatic carbocycles. The van der Waals surface area contributed by atoms with Gasteiger partial charge in [0, 0.05) is 11.1 Å². The first-order chi connectivity index (χ1) is 12.5. The molecule has 1 heterocycles. The highest BCUT2D eigenvalue weighted by molar-refractivity contribution is 5.87. The van der Waals surface area contributed by atoms with Crippen molar-refractivity contribution >= 4 is 10.8 Å². The topological polar surface area (TPSA) is 12.9 Å². The van der Waals surface area contributed by atoms with Crippen LogP contribution in [-0.2, 0) is 6.18 Å². The number of rotatable bonds is 2. The summed E-state index contributed by atoms with van der Waals surface area (Å²) in [7, 11) is 0. The fourth-order valence-electron chi connectivity index (χ4n) is 2.95. The first kappa shape index (κ1) is 16.3. The average molecular weight is 349 g/mol. The molecule has 0 fully saturated rings. The van der Waals surface area contributed by atoms with Gasteiger partial charge in [-0.05, 0) is 29.0 Å². The highest BCUT2D eigenvalue weighted by Gasteiger charge is 2.31. The van der Waals surface area contributed by atoms with Gasteiger partial charge in [0.1, 0.15) is 0 Å². The molecule has 1 nitrogen and oxygen atoms in total. The number of hydrogen-bond donors (Lipinski definition) is 0. The highest BCUT2D eigenvalue weighted by atomic mass is 19.4. The molecule has 4 heteroatoms. The zero-order chi connectivity index (χ0) is 18.1. The number of aromatic nitrogens is 1. The van der Waals surface area contributed by atoms with Crippen molar-refractivity contribution in [3.05, 3.63) is 90.5 Å². The Morgan fingerprint density at radius 3 is 1.88 bits per heavy atom. The molecule has 0 aliphatic heterocycles. The number of pyridine rings is 1. The molecule has 0 saturated carbocycles. The molecule has 0 spiro atoms. The van der Waals surface area contributed by atoms with Crippen molar-refractivity contribution < 1.29 is 13.2 Å². The fourth-order valence-corrected chi connectivity index (χ4v) is 2.95. The number of fused-ring (bicyclic) bond motifs is 1. The van der Waals surface area contributed by atoms with Crippen molar-refractivity contribution in [2.75, 3.05) is 0 Å². The van der Waals surface area contributed by atoms with E-state index in [1.54, 1.807) is 30.3 Å². The molecule has 0 unspecified atom stereocenters. The Morgan fingerprint density at radius 2 is 1.19 bits per heavy atom. The summed E-state index contributed by atoms with van der Waals surface area (Å²) in [6, 6.07) is 24.4. The summed E-state index contributed by atoms with van der Waals surface area (Å²) in [6.45, 7) is 0. The Labute approximate surface area is 148 Å². The van der Waals surface area contributed by atoms with Crippen LogP contribution in [0, 0.1) is 0 Å². The number of halogens is 3. The van der Waals surface area contributed by atoms with Gasteiger partial charge in [0.25, 0.3) is 0 Å². The predicted octanol–water partition coefficient (Wildman–Crippen LogP) is 6.59. The smallest absolute Gasteiger partial charge is 0.248 e. The van der Waals surface area contributed by atoms with Crippen LogP contribution in [0.25, 0.3) is 33.3 Å². The van der Waals surface area contributed by atoms with E-state index in [1.165, 1.54) is 0 Å². The second-order valence-corrected chi connectivity index (χ2v) is 6.05. The maximum atomic E-state index is 13.4. The minimum absolute atomic E-state index is 0.309. The molecular formula is C22H14F3N. The molecule has 0 saturated heterocycles. The van der Waals surface area contributed by atoms with Crippen molar-refractivity contribution in [3.8, 4) is 22.5 Å². The van der Waals surface area contributed by atoms with E-state index >= 15 is 0 Å². The maximum Gasteiger partial charge on any atom is 0.416 e. The number of hydrogen-bond acceptors (Lipinski definition) is 1. The third-order valence-electron chi connectivity index (χ3n) is 4.27. The molecule has 0 atom stereocenters. The van der Waals surface area contributed by atoms with Crippen LogP contribution < -0.4 is 0 Å². The van der Waals surface area contributed by atoms with E-state index in [1.807, 2.05) is 42.5 Å². The SMILES string of the molecule is FC(F)(F)c1cc(-c2ccccc2)nc(-c2ccc3ccccc3c2)c1. The van der Waals surface area contributed by atoms with Crippen molar-refractivity contribution in [2.45, 2.75) is 6.18 Å². The summed E-state index contributed by atoms with van der Waals surface area (Å²) in [6.07, 6.45) is -4.43. The fraction of sp³-hybridized carbons (Fsp3) is 0.0455. The molecule has 128 valence electrons. The first-order valence-electron chi connectivity index (χ1n) is 8.14. The van der Waals surface area contributed by atoms with E-state index in [9.17, 15) is 13.2 Å². The van der Waals surface area contributed by atoms with Crippen LogP contribution in [0.15, 0.2) is 84.9 Å². The van der Waals surface area contributed by atoms with Crippen LogP contribution in [0.1, 0.15) is 5.56 Å². The van der Waals surface area contributed by atoms with Gasteiger partial charge in [0.05, 0.1) is 17.0 Å². The zero-order valence-corrected chi connectivity index (χ0v) is 13.7. The monoisotopic (exact) mass is 349 g/mol. The van der Waals surface area contributed by atoms with Gasteiger partial charge in [-0.25, -0.2) is 4.98 Å². The molecule has 4 aromatic rings. The normalized spacial score (nSPS) is 11.7. The number of alkyl halides is 3. The van der Waals surface area contributed by atoms with Crippen LogP contribution in [-0.4, -0.2) is 4.98 Å². The Kier molecular flexibility index (Phi) is 3.96. The minimum Gasteiger partial charge on any atom is -0.248 e. The third-order valence-corrected chi connectivity index (χ3v) is 4.27. The van der Waals surface area contributed by atoms with E-state index < -0.39 is 11.7 Å². The number of nitrogens with zero attached hydrogens (tertiary/aromatic N) is 1. The lowest BCUT2D eigenvalue weighted by atomic mass is 10.0. The molecule has 0 aliphatic carbocycles. The van der Waals surface area contributed by atoms with Gasteiger partial charge in [-0.1, -0.05) is 66.7 Å². The van der Waals surface area contributed by atoms with E-state index in [-0.39, 0.29) is 0 Å². The van der Waals surface area contributed by atoms with Crippen LogP contribution in [0.2, 0.25) is 0 Å². The average Bonchev–Trinajstić information content (AvgIpc) is 2.67. The molecule has 0 radical (unpaired) electrons. The lowest BCUT2D eigenvalue weighted by Crippen LogP contribution is -2.06. The lowest BCUT2D eigenvalue weighted by molar-refractivity contribution is -0.137. The van der Waals surface area contributed by atoms with E-state index in [0.29, 0.717) is 22.5 Å². The van der Waals surface area contributed by atoms with E-state index in [2.05, 4.69) is 4.98 Å². The molecular weight excluding hydrogens is 335 g/mol. The van der Waals surface area contributed by atoms with Crippen LogP contribution in [0.3, 0.4) is 0 Å². The molecule has 4 rings (SSSR count). The Morgan fingerprint density at radius 1 is 0.577 bits per heavy atom. The minimum atomic E-state index is -4.43. The Balaban J connectivity index is 1.91. The summed E-state index contributed by atoms with van der Waals surface area (Å²) in [5, 5.41) is 2.00. The van der Waals surface area contributed by atoms with Gasteiger partial charge in [0.2, 0.25) is 0 Å². The zero-order valence-electron chi connectivity index (χ0n) is 13.7. The molecule has 0 N–H and O–H groups in total. The van der Waals surface area contributed by atoms with Gasteiger partial charge >= 0.3 is 6.18 Å². The quantitative estimate of drug-likeness (QED) is 0.398.